The summed E-state index contributed by atoms with van der Waals surface area (Å²) in [6.07, 6.45) is 3.33. The van der Waals surface area contributed by atoms with E-state index in [1.54, 1.807) is 15.9 Å². The third kappa shape index (κ3) is 4.36. The van der Waals surface area contributed by atoms with E-state index in [9.17, 15) is 9.59 Å². The van der Waals surface area contributed by atoms with Crippen LogP contribution in [-0.4, -0.2) is 40.7 Å². The molecule has 2 heterocycles. The molecule has 1 aromatic rings. The zero-order valence-electron chi connectivity index (χ0n) is 13.6. The van der Waals surface area contributed by atoms with Crippen LogP contribution in [0.3, 0.4) is 0 Å². The fraction of sp³-hybridized carbons (Fsp3) is 0.529. The summed E-state index contributed by atoms with van der Waals surface area (Å²) >= 11 is 7.44. The minimum atomic E-state index is -0.347. The van der Waals surface area contributed by atoms with Gasteiger partial charge in [-0.15, -0.1) is 17.9 Å². The Hall–Kier alpha value is -1.33. The third-order valence-corrected chi connectivity index (χ3v) is 5.17. The van der Waals surface area contributed by atoms with Gasteiger partial charge < -0.3 is 9.80 Å². The summed E-state index contributed by atoms with van der Waals surface area (Å²) < 4.78 is 0.712. The summed E-state index contributed by atoms with van der Waals surface area (Å²) in [5, 5.41) is 0. The Morgan fingerprint density at radius 1 is 1.52 bits per heavy atom. The molecule has 0 aromatic carbocycles. The molecule has 1 atom stereocenters. The SMILES string of the molecule is C=CCN(Cc1ccc(Cl)s1)C(=O)C1CCCN1C(=O)C(C)C. The van der Waals surface area contributed by atoms with Crippen molar-refractivity contribution in [1.29, 1.82) is 0 Å². The minimum absolute atomic E-state index is 0.000854. The molecule has 1 aliphatic rings. The van der Waals surface area contributed by atoms with Crippen LogP contribution in [-0.2, 0) is 16.1 Å². The Morgan fingerprint density at radius 2 is 2.26 bits per heavy atom. The van der Waals surface area contributed by atoms with Crippen LogP contribution >= 0.6 is 22.9 Å². The second-order valence-corrected chi connectivity index (χ2v) is 7.86. The quantitative estimate of drug-likeness (QED) is 0.733. The predicted molar refractivity (Wildman–Crippen MR) is 94.5 cm³/mol. The van der Waals surface area contributed by atoms with E-state index in [0.717, 1.165) is 17.7 Å². The lowest BCUT2D eigenvalue weighted by atomic mass is 10.1. The fourth-order valence-corrected chi connectivity index (χ4v) is 3.95. The van der Waals surface area contributed by atoms with Gasteiger partial charge in [0.2, 0.25) is 11.8 Å². The van der Waals surface area contributed by atoms with Crippen molar-refractivity contribution in [2.24, 2.45) is 5.92 Å². The number of carbonyl (C=O) groups excluding carboxylic acids is 2. The van der Waals surface area contributed by atoms with Crippen LogP contribution in [0.2, 0.25) is 4.34 Å². The summed E-state index contributed by atoms with van der Waals surface area (Å²) in [4.78, 5) is 29.8. The maximum Gasteiger partial charge on any atom is 0.245 e. The molecule has 0 bridgehead atoms. The van der Waals surface area contributed by atoms with Crippen LogP contribution in [0, 0.1) is 5.92 Å². The highest BCUT2D eigenvalue weighted by Crippen LogP contribution is 2.25. The molecule has 0 aliphatic carbocycles. The highest BCUT2D eigenvalue weighted by molar-refractivity contribution is 7.16. The van der Waals surface area contributed by atoms with E-state index in [1.807, 2.05) is 26.0 Å². The number of carbonyl (C=O) groups is 2. The van der Waals surface area contributed by atoms with E-state index in [2.05, 4.69) is 6.58 Å². The van der Waals surface area contributed by atoms with E-state index >= 15 is 0 Å². The second kappa shape index (κ2) is 7.97. The summed E-state index contributed by atoms with van der Waals surface area (Å²) in [7, 11) is 0. The van der Waals surface area contributed by atoms with E-state index in [-0.39, 0.29) is 23.8 Å². The van der Waals surface area contributed by atoms with Gasteiger partial charge >= 0.3 is 0 Å². The molecule has 0 saturated carbocycles. The number of likely N-dealkylation sites (tertiary alicyclic amines) is 1. The Bertz CT molecular complexity index is 585. The molecule has 1 aliphatic heterocycles. The predicted octanol–water partition coefficient (Wildman–Crippen LogP) is 3.56. The Labute approximate surface area is 146 Å². The Morgan fingerprint density at radius 3 is 2.83 bits per heavy atom. The van der Waals surface area contributed by atoms with Gasteiger partial charge in [-0.2, -0.15) is 0 Å². The number of nitrogens with zero attached hydrogens (tertiary/aromatic N) is 2. The van der Waals surface area contributed by atoms with Gasteiger partial charge in [-0.05, 0) is 25.0 Å². The van der Waals surface area contributed by atoms with Gasteiger partial charge in [-0.3, -0.25) is 9.59 Å². The summed E-state index contributed by atoms with van der Waals surface area (Å²) in [6, 6.07) is 3.42. The number of hydrogen-bond acceptors (Lipinski definition) is 3. The monoisotopic (exact) mass is 354 g/mol. The number of amides is 2. The van der Waals surface area contributed by atoms with Gasteiger partial charge in [0.1, 0.15) is 6.04 Å². The van der Waals surface area contributed by atoms with Crippen molar-refractivity contribution in [1.82, 2.24) is 9.80 Å². The largest absolute Gasteiger partial charge is 0.332 e. The first kappa shape index (κ1) is 18.0. The lowest BCUT2D eigenvalue weighted by molar-refractivity contribution is -0.145. The molecule has 1 saturated heterocycles. The van der Waals surface area contributed by atoms with Crippen LogP contribution in [0.25, 0.3) is 0 Å². The second-order valence-electron chi connectivity index (χ2n) is 6.06. The van der Waals surface area contributed by atoms with Gasteiger partial charge in [0.25, 0.3) is 0 Å². The summed E-state index contributed by atoms with van der Waals surface area (Å²) in [5.74, 6) is -0.0353. The summed E-state index contributed by atoms with van der Waals surface area (Å²) in [5.41, 5.74) is 0. The smallest absolute Gasteiger partial charge is 0.245 e. The molecule has 4 nitrogen and oxygen atoms in total. The molecule has 2 amide bonds. The summed E-state index contributed by atoms with van der Waals surface area (Å²) in [6.45, 7) is 9.12. The third-order valence-electron chi connectivity index (χ3n) is 3.95. The van der Waals surface area contributed by atoms with Crippen LogP contribution in [0.15, 0.2) is 24.8 Å². The van der Waals surface area contributed by atoms with Crippen molar-refractivity contribution < 1.29 is 9.59 Å². The Balaban J connectivity index is 2.13. The van der Waals surface area contributed by atoms with E-state index in [0.29, 0.717) is 24.0 Å². The van der Waals surface area contributed by atoms with Gasteiger partial charge in [0, 0.05) is 23.9 Å². The lowest BCUT2D eigenvalue weighted by Gasteiger charge is -2.30. The van der Waals surface area contributed by atoms with Crippen LogP contribution in [0.4, 0.5) is 0 Å². The molecule has 1 aromatic heterocycles. The average molecular weight is 355 g/mol. The molecular formula is C17H23ClN2O2S. The van der Waals surface area contributed by atoms with Crippen LogP contribution < -0.4 is 0 Å². The van der Waals surface area contributed by atoms with Gasteiger partial charge in [-0.25, -0.2) is 0 Å². The van der Waals surface area contributed by atoms with Crippen molar-refractivity contribution in [3.05, 3.63) is 34.0 Å². The minimum Gasteiger partial charge on any atom is -0.332 e. The van der Waals surface area contributed by atoms with Crippen molar-refractivity contribution >= 4 is 34.8 Å². The van der Waals surface area contributed by atoms with Crippen molar-refractivity contribution in [2.75, 3.05) is 13.1 Å². The molecular weight excluding hydrogens is 332 g/mol. The maximum absolute atomic E-state index is 12.9. The molecule has 23 heavy (non-hydrogen) atoms. The Kier molecular flexibility index (Phi) is 6.25. The molecule has 0 spiro atoms. The number of hydrogen-bond donors (Lipinski definition) is 0. The molecule has 2 rings (SSSR count). The van der Waals surface area contributed by atoms with Gasteiger partial charge in [0.05, 0.1) is 10.9 Å². The molecule has 0 N–H and O–H groups in total. The van der Waals surface area contributed by atoms with Crippen LogP contribution in [0.5, 0.6) is 0 Å². The molecule has 0 radical (unpaired) electrons. The standard InChI is InChI=1S/C17H23ClN2O2S/c1-4-9-19(11-13-7-8-15(18)23-13)17(22)14-6-5-10-20(14)16(21)12(2)3/h4,7-8,12,14H,1,5-6,9-11H2,2-3H3. The van der Waals surface area contributed by atoms with E-state index in [1.165, 1.54) is 11.3 Å². The first-order valence-corrected chi connectivity index (χ1v) is 9.08. The van der Waals surface area contributed by atoms with Gasteiger partial charge in [-0.1, -0.05) is 31.5 Å². The molecule has 1 fully saturated rings. The molecule has 6 heteroatoms. The molecule has 126 valence electrons. The average Bonchev–Trinajstić information content (AvgIpc) is 3.14. The van der Waals surface area contributed by atoms with Crippen molar-refractivity contribution in [2.45, 2.75) is 39.3 Å². The van der Waals surface area contributed by atoms with E-state index < -0.39 is 0 Å². The number of rotatable bonds is 6. The lowest BCUT2D eigenvalue weighted by Crippen LogP contribution is -2.48. The first-order valence-electron chi connectivity index (χ1n) is 7.88. The topological polar surface area (TPSA) is 40.6 Å². The van der Waals surface area contributed by atoms with E-state index in [4.69, 9.17) is 11.6 Å². The first-order chi connectivity index (χ1) is 10.9. The zero-order chi connectivity index (χ0) is 17.0. The van der Waals surface area contributed by atoms with Crippen molar-refractivity contribution in [3.63, 3.8) is 0 Å². The normalized spacial score (nSPS) is 17.6. The zero-order valence-corrected chi connectivity index (χ0v) is 15.2. The van der Waals surface area contributed by atoms with Gasteiger partial charge in [0.15, 0.2) is 0 Å². The number of halogens is 1. The molecule has 1 unspecified atom stereocenters. The highest BCUT2D eigenvalue weighted by Gasteiger charge is 2.37. The van der Waals surface area contributed by atoms with Crippen molar-refractivity contribution in [3.8, 4) is 0 Å². The fourth-order valence-electron chi connectivity index (χ4n) is 2.84. The van der Waals surface area contributed by atoms with Crippen LogP contribution in [0.1, 0.15) is 31.6 Å². The maximum atomic E-state index is 12.9. The highest BCUT2D eigenvalue weighted by atomic mass is 35.5. The number of thiophene rings is 1.